The third kappa shape index (κ3) is 5.68. The molecule has 0 heterocycles. The summed E-state index contributed by atoms with van der Waals surface area (Å²) in [6.07, 6.45) is -4.81. The Balaban J connectivity index is 2.27. The van der Waals surface area contributed by atoms with Crippen molar-refractivity contribution >= 4 is 0 Å². The second-order valence-electron chi connectivity index (χ2n) is 3.97. The molecule has 0 amide bonds. The molecule has 96 valence electrons. The highest BCUT2D eigenvalue weighted by Crippen LogP contribution is 2.20. The SMILES string of the molecule is Cc1cc(F)ccc1CNCCCC(F)(F)F. The van der Waals surface area contributed by atoms with Crippen LogP contribution in [0.5, 0.6) is 0 Å². The highest BCUT2D eigenvalue weighted by molar-refractivity contribution is 5.26. The molecule has 0 radical (unpaired) electrons. The van der Waals surface area contributed by atoms with Crippen molar-refractivity contribution in [3.8, 4) is 0 Å². The summed E-state index contributed by atoms with van der Waals surface area (Å²) in [6, 6.07) is 4.40. The number of benzene rings is 1. The summed E-state index contributed by atoms with van der Waals surface area (Å²) in [5, 5.41) is 2.91. The summed E-state index contributed by atoms with van der Waals surface area (Å²) < 4.78 is 48.3. The van der Waals surface area contributed by atoms with Crippen LogP contribution >= 0.6 is 0 Å². The van der Waals surface area contributed by atoms with Crippen molar-refractivity contribution in [1.82, 2.24) is 5.32 Å². The van der Waals surface area contributed by atoms with E-state index in [1.165, 1.54) is 12.1 Å². The second kappa shape index (κ2) is 6.00. The molecule has 1 aromatic rings. The number of rotatable bonds is 5. The fraction of sp³-hybridized carbons (Fsp3) is 0.500. The van der Waals surface area contributed by atoms with Gasteiger partial charge in [-0.25, -0.2) is 4.39 Å². The zero-order valence-corrected chi connectivity index (χ0v) is 9.57. The molecule has 1 aromatic carbocycles. The Labute approximate surface area is 97.8 Å². The van der Waals surface area contributed by atoms with Gasteiger partial charge in [0.25, 0.3) is 0 Å². The molecule has 1 rings (SSSR count). The minimum atomic E-state index is -4.09. The standard InChI is InChI=1S/C12H15F4N/c1-9-7-11(13)4-3-10(9)8-17-6-2-5-12(14,15)16/h3-4,7,17H,2,5-6,8H2,1H3. The first-order valence-corrected chi connectivity index (χ1v) is 5.41. The average molecular weight is 249 g/mol. The third-order valence-corrected chi connectivity index (χ3v) is 2.43. The molecule has 0 aliphatic carbocycles. The minimum absolute atomic E-state index is 0.0593. The third-order valence-electron chi connectivity index (χ3n) is 2.43. The summed E-state index contributed by atoms with van der Waals surface area (Å²) >= 11 is 0. The molecule has 1 N–H and O–H groups in total. The summed E-state index contributed by atoms with van der Waals surface area (Å²) in [4.78, 5) is 0. The van der Waals surface area contributed by atoms with Crippen molar-refractivity contribution < 1.29 is 17.6 Å². The molecule has 0 spiro atoms. The second-order valence-corrected chi connectivity index (χ2v) is 3.97. The number of alkyl halides is 3. The molecule has 0 aliphatic rings. The van der Waals surface area contributed by atoms with E-state index in [2.05, 4.69) is 5.32 Å². The Morgan fingerprint density at radius 2 is 1.94 bits per heavy atom. The molecule has 1 nitrogen and oxygen atoms in total. The first-order chi connectivity index (χ1) is 7.88. The first kappa shape index (κ1) is 14.0. The number of nitrogens with one attached hydrogen (secondary N) is 1. The topological polar surface area (TPSA) is 12.0 Å². The average Bonchev–Trinajstić information content (AvgIpc) is 2.18. The van der Waals surface area contributed by atoms with E-state index in [4.69, 9.17) is 0 Å². The van der Waals surface area contributed by atoms with Crippen LogP contribution in [0.4, 0.5) is 17.6 Å². The van der Waals surface area contributed by atoms with E-state index in [0.29, 0.717) is 13.1 Å². The molecule has 0 bridgehead atoms. The van der Waals surface area contributed by atoms with E-state index in [-0.39, 0.29) is 12.2 Å². The van der Waals surface area contributed by atoms with Gasteiger partial charge in [0.05, 0.1) is 0 Å². The van der Waals surface area contributed by atoms with Gasteiger partial charge in [0.15, 0.2) is 0 Å². The quantitative estimate of drug-likeness (QED) is 0.621. The van der Waals surface area contributed by atoms with Crippen LogP contribution in [0.1, 0.15) is 24.0 Å². The Bertz CT molecular complexity index is 360. The van der Waals surface area contributed by atoms with Crippen molar-refractivity contribution in [3.63, 3.8) is 0 Å². The van der Waals surface area contributed by atoms with E-state index in [0.717, 1.165) is 11.1 Å². The van der Waals surface area contributed by atoms with Crippen LogP contribution in [0, 0.1) is 12.7 Å². The Hall–Kier alpha value is -1.10. The van der Waals surface area contributed by atoms with Crippen LogP contribution in [0.3, 0.4) is 0 Å². The Morgan fingerprint density at radius 3 is 2.53 bits per heavy atom. The summed E-state index contributed by atoms with van der Waals surface area (Å²) in [5.41, 5.74) is 1.70. The van der Waals surface area contributed by atoms with Crippen molar-refractivity contribution in [1.29, 1.82) is 0 Å². The van der Waals surface area contributed by atoms with Gasteiger partial charge < -0.3 is 5.32 Å². The Kier molecular flexibility index (Phi) is 4.93. The largest absolute Gasteiger partial charge is 0.389 e. The lowest BCUT2D eigenvalue weighted by Crippen LogP contribution is -2.18. The molecule has 0 aromatic heterocycles. The zero-order chi connectivity index (χ0) is 12.9. The van der Waals surface area contributed by atoms with Crippen LogP contribution < -0.4 is 5.32 Å². The van der Waals surface area contributed by atoms with Crippen LogP contribution in [-0.4, -0.2) is 12.7 Å². The molecule has 0 aliphatic heterocycles. The van der Waals surface area contributed by atoms with Crippen LogP contribution in [-0.2, 0) is 6.54 Å². The highest BCUT2D eigenvalue weighted by atomic mass is 19.4. The van der Waals surface area contributed by atoms with Gasteiger partial charge in [-0.15, -0.1) is 0 Å². The molecule has 0 atom stereocenters. The zero-order valence-electron chi connectivity index (χ0n) is 9.57. The van der Waals surface area contributed by atoms with Crippen molar-refractivity contribution in [2.45, 2.75) is 32.5 Å². The predicted octanol–water partition coefficient (Wildman–Crippen LogP) is 3.57. The van der Waals surface area contributed by atoms with Gasteiger partial charge in [-0.2, -0.15) is 13.2 Å². The van der Waals surface area contributed by atoms with Crippen LogP contribution in [0.2, 0.25) is 0 Å². The lowest BCUT2D eigenvalue weighted by molar-refractivity contribution is -0.135. The van der Waals surface area contributed by atoms with Gasteiger partial charge in [0, 0.05) is 13.0 Å². The van der Waals surface area contributed by atoms with Crippen LogP contribution in [0.15, 0.2) is 18.2 Å². The summed E-state index contributed by atoms with van der Waals surface area (Å²) in [5.74, 6) is -0.302. The predicted molar refractivity (Wildman–Crippen MR) is 58.1 cm³/mol. The van der Waals surface area contributed by atoms with Gasteiger partial charge in [-0.1, -0.05) is 6.07 Å². The molecule has 0 fully saturated rings. The van der Waals surface area contributed by atoms with E-state index in [1.807, 2.05) is 0 Å². The monoisotopic (exact) mass is 249 g/mol. The molecule has 17 heavy (non-hydrogen) atoms. The normalized spacial score (nSPS) is 11.8. The van der Waals surface area contributed by atoms with E-state index >= 15 is 0 Å². The lowest BCUT2D eigenvalue weighted by atomic mass is 10.1. The van der Waals surface area contributed by atoms with Gasteiger partial charge in [0.2, 0.25) is 0 Å². The highest BCUT2D eigenvalue weighted by Gasteiger charge is 2.25. The molecule has 0 saturated heterocycles. The number of halogens is 4. The smallest absolute Gasteiger partial charge is 0.313 e. The maximum atomic E-state index is 12.8. The van der Waals surface area contributed by atoms with Crippen molar-refractivity contribution in [2.75, 3.05) is 6.54 Å². The minimum Gasteiger partial charge on any atom is -0.313 e. The van der Waals surface area contributed by atoms with Crippen molar-refractivity contribution in [3.05, 3.63) is 35.1 Å². The maximum Gasteiger partial charge on any atom is 0.389 e. The summed E-state index contributed by atoms with van der Waals surface area (Å²) in [6.45, 7) is 2.54. The molecule has 5 heteroatoms. The van der Waals surface area contributed by atoms with Crippen LogP contribution in [0.25, 0.3) is 0 Å². The number of hydrogen-bond acceptors (Lipinski definition) is 1. The van der Waals surface area contributed by atoms with Gasteiger partial charge >= 0.3 is 6.18 Å². The molecule has 0 unspecified atom stereocenters. The fourth-order valence-electron chi connectivity index (χ4n) is 1.49. The van der Waals surface area contributed by atoms with Gasteiger partial charge in [-0.3, -0.25) is 0 Å². The van der Waals surface area contributed by atoms with Gasteiger partial charge in [-0.05, 0) is 43.1 Å². The lowest BCUT2D eigenvalue weighted by Gasteiger charge is -2.09. The molecular formula is C12H15F4N. The van der Waals surface area contributed by atoms with E-state index in [1.54, 1.807) is 13.0 Å². The number of aryl methyl sites for hydroxylation is 1. The maximum absolute atomic E-state index is 12.8. The number of hydrogen-bond donors (Lipinski definition) is 1. The Morgan fingerprint density at radius 1 is 1.24 bits per heavy atom. The molecule has 0 saturated carbocycles. The van der Waals surface area contributed by atoms with Crippen molar-refractivity contribution in [2.24, 2.45) is 0 Å². The summed E-state index contributed by atoms with van der Waals surface area (Å²) in [7, 11) is 0. The fourth-order valence-corrected chi connectivity index (χ4v) is 1.49. The van der Waals surface area contributed by atoms with E-state index < -0.39 is 12.6 Å². The molecular weight excluding hydrogens is 234 g/mol. The van der Waals surface area contributed by atoms with E-state index in [9.17, 15) is 17.6 Å². The van der Waals surface area contributed by atoms with Gasteiger partial charge in [0.1, 0.15) is 5.82 Å². The first-order valence-electron chi connectivity index (χ1n) is 5.41.